The molecule has 1 heteroatoms. The number of Topliss-reactive ketones (excluding diaryl/α,β-unsaturated/α-hetero) is 1. The number of benzene rings is 2. The van der Waals surface area contributed by atoms with Gasteiger partial charge in [0.05, 0.1) is 0 Å². The van der Waals surface area contributed by atoms with Gasteiger partial charge in [-0.3, -0.25) is 4.79 Å². The summed E-state index contributed by atoms with van der Waals surface area (Å²) in [5.74, 6) is 1.13. The third kappa shape index (κ3) is 1.94. The third-order valence-corrected chi connectivity index (χ3v) is 4.23. The first-order valence-corrected chi connectivity index (χ1v) is 6.79. The molecule has 0 saturated heterocycles. The lowest BCUT2D eigenvalue weighted by atomic mass is 9.89. The molecule has 1 fully saturated rings. The van der Waals surface area contributed by atoms with Crippen LogP contribution in [0.1, 0.15) is 36.5 Å². The molecule has 0 aliphatic heterocycles. The Kier molecular flexibility index (Phi) is 2.91. The molecular formula is C17H18O. The molecule has 2 aromatic carbocycles. The van der Waals surface area contributed by atoms with Crippen molar-refractivity contribution in [1.82, 2.24) is 0 Å². The Morgan fingerprint density at radius 1 is 1.06 bits per heavy atom. The Morgan fingerprint density at radius 2 is 1.83 bits per heavy atom. The highest BCUT2D eigenvalue weighted by Crippen LogP contribution is 2.34. The van der Waals surface area contributed by atoms with Crippen LogP contribution in [0.5, 0.6) is 0 Å². The number of rotatable bonds is 2. The van der Waals surface area contributed by atoms with E-state index in [0.29, 0.717) is 11.7 Å². The van der Waals surface area contributed by atoms with Crippen LogP contribution in [0.2, 0.25) is 0 Å². The van der Waals surface area contributed by atoms with Crippen LogP contribution in [0.25, 0.3) is 10.8 Å². The zero-order chi connectivity index (χ0) is 12.5. The molecule has 1 nitrogen and oxygen atoms in total. The monoisotopic (exact) mass is 238 g/mol. The Balaban J connectivity index is 1.96. The number of hydrogen-bond donors (Lipinski definition) is 0. The van der Waals surface area contributed by atoms with E-state index < -0.39 is 0 Å². The van der Waals surface area contributed by atoms with Crippen molar-refractivity contribution < 1.29 is 4.79 Å². The van der Waals surface area contributed by atoms with Crippen molar-refractivity contribution >= 4 is 16.6 Å². The van der Waals surface area contributed by atoms with E-state index >= 15 is 0 Å². The fourth-order valence-electron chi connectivity index (χ4n) is 3.09. The molecule has 1 saturated carbocycles. The summed E-state index contributed by atoms with van der Waals surface area (Å²) in [6.07, 6.45) is 3.46. The van der Waals surface area contributed by atoms with Gasteiger partial charge in [0.1, 0.15) is 0 Å². The second-order valence-corrected chi connectivity index (χ2v) is 5.44. The summed E-state index contributed by atoms with van der Waals surface area (Å²) in [7, 11) is 0. The average molecular weight is 238 g/mol. The van der Waals surface area contributed by atoms with Crippen molar-refractivity contribution in [2.24, 2.45) is 11.8 Å². The van der Waals surface area contributed by atoms with Gasteiger partial charge in [-0.05, 0) is 35.6 Å². The maximum atomic E-state index is 12.5. The summed E-state index contributed by atoms with van der Waals surface area (Å²) >= 11 is 0. The minimum absolute atomic E-state index is 0.242. The molecule has 1 aliphatic carbocycles. The van der Waals surface area contributed by atoms with E-state index in [1.54, 1.807) is 0 Å². The van der Waals surface area contributed by atoms with E-state index in [4.69, 9.17) is 0 Å². The summed E-state index contributed by atoms with van der Waals surface area (Å²) < 4.78 is 0. The van der Waals surface area contributed by atoms with Crippen molar-refractivity contribution in [2.75, 3.05) is 0 Å². The molecule has 92 valence electrons. The number of fused-ring (bicyclic) bond motifs is 1. The molecule has 18 heavy (non-hydrogen) atoms. The molecule has 2 aromatic rings. The maximum Gasteiger partial charge on any atom is 0.166 e. The molecular weight excluding hydrogens is 220 g/mol. The fourth-order valence-corrected chi connectivity index (χ4v) is 3.09. The van der Waals surface area contributed by atoms with Gasteiger partial charge < -0.3 is 0 Å². The molecule has 0 amide bonds. The normalized spacial score (nSPS) is 23.4. The van der Waals surface area contributed by atoms with Crippen LogP contribution in [-0.2, 0) is 0 Å². The van der Waals surface area contributed by atoms with Gasteiger partial charge in [-0.2, -0.15) is 0 Å². The van der Waals surface area contributed by atoms with E-state index in [1.807, 2.05) is 24.3 Å². The smallest absolute Gasteiger partial charge is 0.166 e. The minimum Gasteiger partial charge on any atom is -0.294 e. The lowest BCUT2D eigenvalue weighted by Crippen LogP contribution is -2.17. The van der Waals surface area contributed by atoms with Crippen LogP contribution < -0.4 is 0 Å². The molecule has 3 rings (SSSR count). The van der Waals surface area contributed by atoms with Crippen LogP contribution in [0.4, 0.5) is 0 Å². The summed E-state index contributed by atoms with van der Waals surface area (Å²) in [5, 5.41) is 2.36. The van der Waals surface area contributed by atoms with Crippen molar-refractivity contribution in [1.29, 1.82) is 0 Å². The summed E-state index contributed by atoms with van der Waals surface area (Å²) in [5.41, 5.74) is 0.882. The topological polar surface area (TPSA) is 17.1 Å². The molecule has 2 unspecified atom stereocenters. The number of carbonyl (C=O) groups is 1. The zero-order valence-corrected chi connectivity index (χ0v) is 10.7. The van der Waals surface area contributed by atoms with Gasteiger partial charge in [0.15, 0.2) is 5.78 Å². The fraction of sp³-hybridized carbons (Fsp3) is 0.353. The van der Waals surface area contributed by atoms with Gasteiger partial charge in [0.2, 0.25) is 0 Å². The molecule has 2 atom stereocenters. The highest BCUT2D eigenvalue weighted by molar-refractivity contribution is 6.01. The lowest BCUT2D eigenvalue weighted by molar-refractivity contribution is 0.0897. The van der Waals surface area contributed by atoms with Gasteiger partial charge in [-0.1, -0.05) is 49.7 Å². The van der Waals surface area contributed by atoms with Crippen molar-refractivity contribution in [2.45, 2.75) is 26.2 Å². The van der Waals surface area contributed by atoms with Gasteiger partial charge in [-0.15, -0.1) is 0 Å². The van der Waals surface area contributed by atoms with E-state index in [2.05, 4.69) is 25.1 Å². The van der Waals surface area contributed by atoms with Crippen molar-refractivity contribution in [3.8, 4) is 0 Å². The van der Waals surface area contributed by atoms with Crippen LogP contribution in [0.3, 0.4) is 0 Å². The first kappa shape index (κ1) is 11.5. The SMILES string of the molecule is CC1CCCC1C(=O)c1ccc2ccccc2c1. The minimum atomic E-state index is 0.242. The Hall–Kier alpha value is -1.63. The molecule has 0 spiro atoms. The van der Waals surface area contributed by atoms with E-state index in [0.717, 1.165) is 17.4 Å². The van der Waals surface area contributed by atoms with Crippen LogP contribution in [0, 0.1) is 11.8 Å². The van der Waals surface area contributed by atoms with Gasteiger partial charge in [0, 0.05) is 11.5 Å². The second kappa shape index (κ2) is 4.56. The Labute approximate surface area is 108 Å². The largest absolute Gasteiger partial charge is 0.294 e. The zero-order valence-electron chi connectivity index (χ0n) is 10.7. The molecule has 0 N–H and O–H groups in total. The molecule has 0 bridgehead atoms. The standard InChI is InChI=1S/C17H18O/c1-12-5-4-8-16(12)17(18)15-10-9-13-6-2-3-7-14(13)11-15/h2-3,6-7,9-12,16H,4-5,8H2,1H3. The Morgan fingerprint density at radius 3 is 2.56 bits per heavy atom. The number of hydrogen-bond acceptors (Lipinski definition) is 1. The van der Waals surface area contributed by atoms with Crippen LogP contribution >= 0.6 is 0 Å². The predicted octanol–water partition coefficient (Wildman–Crippen LogP) is 4.46. The quantitative estimate of drug-likeness (QED) is 0.706. The Bertz CT molecular complexity index is 585. The maximum absolute atomic E-state index is 12.5. The highest BCUT2D eigenvalue weighted by atomic mass is 16.1. The van der Waals surface area contributed by atoms with E-state index in [1.165, 1.54) is 18.2 Å². The number of ketones is 1. The first-order valence-electron chi connectivity index (χ1n) is 6.79. The molecule has 0 heterocycles. The van der Waals surface area contributed by atoms with E-state index in [9.17, 15) is 4.79 Å². The molecule has 0 radical (unpaired) electrons. The predicted molar refractivity (Wildman–Crippen MR) is 74.8 cm³/mol. The van der Waals surface area contributed by atoms with E-state index in [-0.39, 0.29) is 5.92 Å². The van der Waals surface area contributed by atoms with Crippen molar-refractivity contribution in [3.05, 3.63) is 48.0 Å². The van der Waals surface area contributed by atoms with Gasteiger partial charge in [-0.25, -0.2) is 0 Å². The summed E-state index contributed by atoms with van der Waals surface area (Å²) in [4.78, 5) is 12.5. The van der Waals surface area contributed by atoms with Gasteiger partial charge >= 0.3 is 0 Å². The molecule has 0 aromatic heterocycles. The van der Waals surface area contributed by atoms with Crippen LogP contribution in [-0.4, -0.2) is 5.78 Å². The third-order valence-electron chi connectivity index (χ3n) is 4.23. The van der Waals surface area contributed by atoms with Gasteiger partial charge in [0.25, 0.3) is 0 Å². The average Bonchev–Trinajstić information content (AvgIpc) is 2.83. The highest BCUT2D eigenvalue weighted by Gasteiger charge is 2.30. The first-order chi connectivity index (χ1) is 8.75. The number of carbonyl (C=O) groups excluding carboxylic acids is 1. The summed E-state index contributed by atoms with van der Waals surface area (Å²) in [6.45, 7) is 2.20. The molecule has 1 aliphatic rings. The lowest BCUT2D eigenvalue weighted by Gasteiger charge is -2.14. The van der Waals surface area contributed by atoms with Crippen LogP contribution in [0.15, 0.2) is 42.5 Å². The van der Waals surface area contributed by atoms with Crippen molar-refractivity contribution in [3.63, 3.8) is 0 Å². The summed E-state index contributed by atoms with van der Waals surface area (Å²) in [6, 6.07) is 14.3. The second-order valence-electron chi connectivity index (χ2n) is 5.44.